The second-order valence-electron chi connectivity index (χ2n) is 9.63. The molecule has 2 aliphatic rings. The van der Waals surface area contributed by atoms with E-state index < -0.39 is 5.97 Å². The molecule has 0 unspecified atom stereocenters. The standard InChI is InChI=1S/C29H26N2O4S/c1-14-19-5-4-9-35-22(19)7-6-20(14)25-16(3)26-27(15(2)21(25)13-24(33)34)30-23(32)12-18-11-17-8-10-36-29(17)31-28(18)26/h6-8,10-11H,4-5,9,12-13H2,1-3H3,(H,30,32)(H,33,34). The average Bonchev–Trinajstić information content (AvgIpc) is 3.24. The normalized spacial score (nSPS) is 14.4. The molecule has 4 aromatic rings. The summed E-state index contributed by atoms with van der Waals surface area (Å²) < 4.78 is 5.89. The molecule has 7 heteroatoms. The second-order valence-corrected chi connectivity index (χ2v) is 10.5. The number of carboxylic acid groups (broad SMARTS) is 1. The quantitative estimate of drug-likeness (QED) is 0.362. The number of carboxylic acids is 1. The Balaban J connectivity index is 1.71. The Morgan fingerprint density at radius 1 is 1.14 bits per heavy atom. The maximum Gasteiger partial charge on any atom is 0.307 e. The molecule has 6 rings (SSSR count). The number of rotatable bonds is 3. The molecule has 0 atom stereocenters. The second kappa shape index (κ2) is 8.45. The van der Waals surface area contributed by atoms with Crippen molar-refractivity contribution < 1.29 is 19.4 Å². The minimum Gasteiger partial charge on any atom is -0.493 e. The Labute approximate surface area is 213 Å². The van der Waals surface area contributed by atoms with E-state index in [1.807, 2.05) is 37.4 Å². The molecule has 0 fully saturated rings. The molecule has 0 spiro atoms. The maximum atomic E-state index is 13.0. The number of pyridine rings is 1. The highest BCUT2D eigenvalue weighted by atomic mass is 32.1. The van der Waals surface area contributed by atoms with E-state index in [0.717, 1.165) is 79.0 Å². The highest BCUT2D eigenvalue weighted by Crippen LogP contribution is 2.47. The van der Waals surface area contributed by atoms with Gasteiger partial charge in [-0.15, -0.1) is 11.3 Å². The zero-order chi connectivity index (χ0) is 25.1. The van der Waals surface area contributed by atoms with Crippen LogP contribution in [-0.2, 0) is 28.9 Å². The number of benzene rings is 2. The van der Waals surface area contributed by atoms with Crippen LogP contribution in [0.5, 0.6) is 5.75 Å². The van der Waals surface area contributed by atoms with Crippen molar-refractivity contribution in [1.82, 2.24) is 4.98 Å². The smallest absolute Gasteiger partial charge is 0.307 e. The van der Waals surface area contributed by atoms with Crippen molar-refractivity contribution in [2.75, 3.05) is 11.9 Å². The van der Waals surface area contributed by atoms with Crippen LogP contribution in [0.2, 0.25) is 0 Å². The largest absolute Gasteiger partial charge is 0.493 e. The average molecular weight is 499 g/mol. The number of fused-ring (bicyclic) bond motifs is 5. The third-order valence-electron chi connectivity index (χ3n) is 7.48. The van der Waals surface area contributed by atoms with Gasteiger partial charge in [0.2, 0.25) is 5.91 Å². The molecule has 4 heterocycles. The van der Waals surface area contributed by atoms with Gasteiger partial charge in [0.15, 0.2) is 0 Å². The molecule has 2 N–H and O–H groups in total. The van der Waals surface area contributed by atoms with Crippen molar-refractivity contribution in [1.29, 1.82) is 0 Å². The minimum atomic E-state index is -0.906. The number of hydrogen-bond acceptors (Lipinski definition) is 5. The minimum absolute atomic E-state index is 0.120. The van der Waals surface area contributed by atoms with E-state index in [2.05, 4.69) is 18.3 Å². The van der Waals surface area contributed by atoms with Gasteiger partial charge in [-0.3, -0.25) is 9.59 Å². The summed E-state index contributed by atoms with van der Waals surface area (Å²) >= 11 is 1.57. The predicted molar refractivity (Wildman–Crippen MR) is 142 cm³/mol. The lowest BCUT2D eigenvalue weighted by Gasteiger charge is -2.26. The predicted octanol–water partition coefficient (Wildman–Crippen LogP) is 6.00. The van der Waals surface area contributed by atoms with Gasteiger partial charge in [0, 0.05) is 10.9 Å². The van der Waals surface area contributed by atoms with Crippen LogP contribution in [0.3, 0.4) is 0 Å². The van der Waals surface area contributed by atoms with Gasteiger partial charge in [0.1, 0.15) is 10.6 Å². The lowest BCUT2D eigenvalue weighted by Crippen LogP contribution is -2.16. The molecule has 6 nitrogen and oxygen atoms in total. The molecule has 0 aliphatic carbocycles. The number of amides is 1. The number of carbonyl (C=O) groups is 2. The molecule has 36 heavy (non-hydrogen) atoms. The first-order valence-electron chi connectivity index (χ1n) is 12.1. The Morgan fingerprint density at radius 3 is 2.78 bits per heavy atom. The van der Waals surface area contributed by atoms with Crippen LogP contribution in [0.25, 0.3) is 32.6 Å². The molecule has 2 aliphatic heterocycles. The highest BCUT2D eigenvalue weighted by molar-refractivity contribution is 7.16. The van der Waals surface area contributed by atoms with E-state index in [9.17, 15) is 14.7 Å². The van der Waals surface area contributed by atoms with Crippen LogP contribution in [0.4, 0.5) is 5.69 Å². The van der Waals surface area contributed by atoms with Crippen LogP contribution >= 0.6 is 11.3 Å². The summed E-state index contributed by atoms with van der Waals surface area (Å²) in [4.78, 5) is 31.0. The fourth-order valence-electron chi connectivity index (χ4n) is 5.78. The number of aromatic nitrogens is 1. The van der Waals surface area contributed by atoms with Crippen molar-refractivity contribution in [2.45, 2.75) is 46.5 Å². The van der Waals surface area contributed by atoms with Gasteiger partial charge in [0.25, 0.3) is 0 Å². The molecular formula is C29H26N2O4S. The zero-order valence-electron chi connectivity index (χ0n) is 20.4. The summed E-state index contributed by atoms with van der Waals surface area (Å²) in [5, 5.41) is 16.0. The summed E-state index contributed by atoms with van der Waals surface area (Å²) in [6.07, 6.45) is 1.98. The zero-order valence-corrected chi connectivity index (χ0v) is 21.3. The first-order valence-corrected chi connectivity index (χ1v) is 13.0. The van der Waals surface area contributed by atoms with Gasteiger partial charge in [-0.1, -0.05) is 6.07 Å². The van der Waals surface area contributed by atoms with E-state index in [4.69, 9.17) is 9.72 Å². The number of nitrogens with one attached hydrogen (secondary N) is 1. The van der Waals surface area contributed by atoms with Gasteiger partial charge in [0.05, 0.1) is 30.8 Å². The van der Waals surface area contributed by atoms with E-state index in [1.165, 1.54) is 5.56 Å². The molecular weight excluding hydrogens is 472 g/mol. The topological polar surface area (TPSA) is 88.5 Å². The van der Waals surface area contributed by atoms with Gasteiger partial charge in [-0.2, -0.15) is 0 Å². The number of anilines is 1. The molecule has 0 bridgehead atoms. The van der Waals surface area contributed by atoms with Crippen molar-refractivity contribution in [2.24, 2.45) is 0 Å². The van der Waals surface area contributed by atoms with Gasteiger partial charge < -0.3 is 15.2 Å². The number of thiophene rings is 1. The lowest BCUT2D eigenvalue weighted by atomic mass is 9.81. The summed E-state index contributed by atoms with van der Waals surface area (Å²) in [6, 6.07) is 8.13. The molecule has 2 aromatic carbocycles. The van der Waals surface area contributed by atoms with Crippen LogP contribution in [0, 0.1) is 20.8 Å². The van der Waals surface area contributed by atoms with E-state index >= 15 is 0 Å². The molecule has 0 saturated carbocycles. The van der Waals surface area contributed by atoms with Crippen LogP contribution in [0.1, 0.15) is 39.8 Å². The molecule has 0 saturated heterocycles. The third-order valence-corrected chi connectivity index (χ3v) is 8.31. The molecule has 1 amide bonds. The number of aliphatic carboxylic acids is 1. The Morgan fingerprint density at radius 2 is 1.97 bits per heavy atom. The van der Waals surface area contributed by atoms with Gasteiger partial charge >= 0.3 is 5.97 Å². The first-order chi connectivity index (χ1) is 17.3. The SMILES string of the molecule is Cc1c(-c2c(C)c3c(c(C)c2CC(=O)O)NC(=O)Cc2cc4ccsc4nc2-3)ccc2c1CCCO2. The van der Waals surface area contributed by atoms with Crippen molar-refractivity contribution >= 4 is 39.1 Å². The number of nitrogens with zero attached hydrogens (tertiary/aromatic N) is 1. The third kappa shape index (κ3) is 3.49. The monoisotopic (exact) mass is 498 g/mol. The molecule has 182 valence electrons. The van der Waals surface area contributed by atoms with Crippen LogP contribution < -0.4 is 10.1 Å². The lowest BCUT2D eigenvalue weighted by molar-refractivity contribution is -0.136. The fraction of sp³-hybridized carbons (Fsp3) is 0.276. The summed E-state index contributed by atoms with van der Waals surface area (Å²) in [7, 11) is 0. The Kier molecular flexibility index (Phi) is 5.34. The van der Waals surface area contributed by atoms with Crippen molar-refractivity contribution in [3.63, 3.8) is 0 Å². The van der Waals surface area contributed by atoms with Gasteiger partial charge in [-0.05, 0) is 102 Å². The van der Waals surface area contributed by atoms with Crippen LogP contribution in [-0.4, -0.2) is 28.6 Å². The fourth-order valence-corrected chi connectivity index (χ4v) is 6.53. The maximum absolute atomic E-state index is 13.0. The summed E-state index contributed by atoms with van der Waals surface area (Å²) in [6.45, 7) is 6.74. The van der Waals surface area contributed by atoms with E-state index in [0.29, 0.717) is 12.3 Å². The molecule has 0 radical (unpaired) electrons. The van der Waals surface area contributed by atoms with Crippen LogP contribution in [0.15, 0.2) is 29.6 Å². The van der Waals surface area contributed by atoms with E-state index in [-0.39, 0.29) is 18.7 Å². The Hall–Kier alpha value is -3.71. The van der Waals surface area contributed by atoms with Crippen molar-refractivity contribution in [3.05, 3.63) is 63.0 Å². The molecule has 2 aromatic heterocycles. The van der Waals surface area contributed by atoms with Crippen molar-refractivity contribution in [3.8, 4) is 28.1 Å². The number of hydrogen-bond donors (Lipinski definition) is 2. The Bertz CT molecular complexity index is 1600. The summed E-state index contributed by atoms with van der Waals surface area (Å²) in [5.41, 5.74) is 9.85. The highest BCUT2D eigenvalue weighted by Gasteiger charge is 2.30. The number of carbonyl (C=O) groups excluding carboxylic acids is 1. The van der Waals surface area contributed by atoms with Gasteiger partial charge in [-0.25, -0.2) is 4.98 Å². The summed E-state index contributed by atoms with van der Waals surface area (Å²) in [5.74, 6) is -0.118. The van der Waals surface area contributed by atoms with E-state index in [1.54, 1.807) is 11.3 Å². The number of ether oxygens (including phenoxy) is 1. The first kappa shape index (κ1) is 22.7.